The van der Waals surface area contributed by atoms with Crippen molar-refractivity contribution in [2.24, 2.45) is 0 Å². The molecule has 0 amide bonds. The minimum Gasteiger partial charge on any atom is -0.465 e. The van der Waals surface area contributed by atoms with E-state index in [1.807, 2.05) is 18.2 Å². The molecular weight excluding hydrogens is 356 g/mol. The summed E-state index contributed by atoms with van der Waals surface area (Å²) in [5.41, 5.74) is 4.60. The molecule has 1 aliphatic carbocycles. The quantitative estimate of drug-likeness (QED) is 0.599. The second-order valence-electron chi connectivity index (χ2n) is 7.25. The molecule has 2 aromatic carbocycles. The van der Waals surface area contributed by atoms with Gasteiger partial charge in [0.2, 0.25) is 0 Å². The van der Waals surface area contributed by atoms with E-state index in [1.165, 1.54) is 18.2 Å². The van der Waals surface area contributed by atoms with Crippen molar-refractivity contribution in [3.05, 3.63) is 70.8 Å². The molecule has 0 saturated carbocycles. The second kappa shape index (κ2) is 7.69. The number of benzene rings is 2. The number of ether oxygens (including phenoxy) is 1. The van der Waals surface area contributed by atoms with Crippen LogP contribution in [0.4, 0.5) is 0 Å². The maximum atomic E-state index is 11.8. The molecule has 4 rings (SSSR count). The molecule has 0 aromatic heterocycles. The summed E-state index contributed by atoms with van der Waals surface area (Å²) in [6.45, 7) is 2.63. The molecule has 0 radical (unpaired) electrons. The number of hydrogen-bond acceptors (Lipinski definition) is 3. The molecule has 2 aromatic rings. The normalized spacial score (nSPS) is 19.1. The van der Waals surface area contributed by atoms with Crippen LogP contribution in [0.5, 0.6) is 0 Å². The lowest BCUT2D eigenvalue weighted by atomic mass is 9.88. The van der Waals surface area contributed by atoms with E-state index in [1.54, 1.807) is 6.07 Å². The van der Waals surface area contributed by atoms with Gasteiger partial charge in [0.15, 0.2) is 5.11 Å². The van der Waals surface area contributed by atoms with Crippen LogP contribution in [-0.2, 0) is 24.1 Å². The zero-order chi connectivity index (χ0) is 18.8. The van der Waals surface area contributed by atoms with Crippen LogP contribution < -0.4 is 0 Å². The summed E-state index contributed by atoms with van der Waals surface area (Å²) in [7, 11) is 1.41. The maximum absolute atomic E-state index is 11.8. The van der Waals surface area contributed by atoms with Crippen molar-refractivity contribution in [3.8, 4) is 0 Å². The Morgan fingerprint density at radius 3 is 2.78 bits per heavy atom. The Hall–Kier alpha value is -2.40. The fourth-order valence-electron chi connectivity index (χ4n) is 4.17. The van der Waals surface area contributed by atoms with E-state index < -0.39 is 0 Å². The third kappa shape index (κ3) is 3.69. The van der Waals surface area contributed by atoms with Gasteiger partial charge in [-0.25, -0.2) is 4.79 Å². The zero-order valence-corrected chi connectivity index (χ0v) is 16.4. The first kappa shape index (κ1) is 18.0. The maximum Gasteiger partial charge on any atom is 0.337 e. The van der Waals surface area contributed by atoms with Crippen LogP contribution in [0.15, 0.2) is 48.5 Å². The Balaban J connectivity index is 1.43. The summed E-state index contributed by atoms with van der Waals surface area (Å²) in [5.74, 6) is -0.302. The first-order valence-corrected chi connectivity index (χ1v) is 9.86. The summed E-state index contributed by atoms with van der Waals surface area (Å²) in [6.07, 6.45) is 3.35. The van der Waals surface area contributed by atoms with Crippen molar-refractivity contribution in [2.75, 3.05) is 20.2 Å². The second-order valence-corrected chi connectivity index (χ2v) is 7.62. The number of hydrogen-bond donors (Lipinski definition) is 0. The van der Waals surface area contributed by atoms with Gasteiger partial charge in [-0.05, 0) is 60.3 Å². The molecule has 1 aliphatic heterocycles. The van der Waals surface area contributed by atoms with Gasteiger partial charge in [0, 0.05) is 25.7 Å². The van der Waals surface area contributed by atoms with E-state index in [-0.39, 0.29) is 5.97 Å². The van der Waals surface area contributed by atoms with Gasteiger partial charge in [-0.1, -0.05) is 36.4 Å². The van der Waals surface area contributed by atoms with Crippen LogP contribution in [0.1, 0.15) is 33.5 Å². The topological polar surface area (TPSA) is 32.8 Å². The van der Waals surface area contributed by atoms with Gasteiger partial charge in [-0.2, -0.15) is 0 Å². The molecule has 0 spiro atoms. The Kier molecular flexibility index (Phi) is 5.12. The highest BCUT2D eigenvalue weighted by molar-refractivity contribution is 7.80. The van der Waals surface area contributed by atoms with Crippen molar-refractivity contribution in [2.45, 2.75) is 31.8 Å². The molecular formula is C22H24N2O2S. The van der Waals surface area contributed by atoms with Crippen LogP contribution in [-0.4, -0.2) is 47.1 Å². The Labute approximate surface area is 165 Å². The van der Waals surface area contributed by atoms with E-state index in [9.17, 15) is 4.79 Å². The van der Waals surface area contributed by atoms with Crippen LogP contribution in [0.2, 0.25) is 0 Å². The number of esters is 1. The summed E-state index contributed by atoms with van der Waals surface area (Å²) in [4.78, 5) is 16.4. The molecule has 27 heavy (non-hydrogen) atoms. The number of nitrogens with zero attached hydrogens (tertiary/aromatic N) is 2. The zero-order valence-electron chi connectivity index (χ0n) is 15.6. The standard InChI is InChI=1S/C22H24N2O2S/c1-26-21(25)19-8-4-5-16(13-19)15-23-11-12-24(22(23)27)20-10-9-17-6-2-3-7-18(17)14-20/h2-8,13,20H,9-12,14-15H2,1H3. The lowest BCUT2D eigenvalue weighted by Gasteiger charge is -2.34. The largest absolute Gasteiger partial charge is 0.465 e. The minimum atomic E-state index is -0.302. The lowest BCUT2D eigenvalue weighted by Crippen LogP contribution is -2.42. The summed E-state index contributed by atoms with van der Waals surface area (Å²) in [5, 5.41) is 0.933. The van der Waals surface area contributed by atoms with Gasteiger partial charge in [0.05, 0.1) is 12.7 Å². The van der Waals surface area contributed by atoms with Crippen molar-refractivity contribution >= 4 is 23.3 Å². The summed E-state index contributed by atoms with van der Waals surface area (Å²) >= 11 is 5.81. The highest BCUT2D eigenvalue weighted by Gasteiger charge is 2.32. The van der Waals surface area contributed by atoms with Gasteiger partial charge < -0.3 is 14.5 Å². The summed E-state index contributed by atoms with van der Waals surface area (Å²) in [6, 6.07) is 16.8. The van der Waals surface area contributed by atoms with Gasteiger partial charge in [0.1, 0.15) is 0 Å². The van der Waals surface area contributed by atoms with Crippen molar-refractivity contribution in [1.29, 1.82) is 0 Å². The van der Waals surface area contributed by atoms with Crippen molar-refractivity contribution in [3.63, 3.8) is 0 Å². The Morgan fingerprint density at radius 2 is 1.96 bits per heavy atom. The minimum absolute atomic E-state index is 0.302. The molecule has 0 bridgehead atoms. The van der Waals surface area contributed by atoms with Crippen molar-refractivity contribution in [1.82, 2.24) is 9.80 Å². The van der Waals surface area contributed by atoms with Crippen LogP contribution >= 0.6 is 12.2 Å². The Bertz CT molecular complexity index is 867. The highest BCUT2D eigenvalue weighted by atomic mass is 32.1. The SMILES string of the molecule is COC(=O)c1cccc(CN2CCN(C3CCc4ccccc4C3)C2=S)c1. The third-order valence-electron chi connectivity index (χ3n) is 5.61. The van der Waals surface area contributed by atoms with E-state index >= 15 is 0 Å². The monoisotopic (exact) mass is 380 g/mol. The van der Waals surface area contributed by atoms with Crippen LogP contribution in [0, 0.1) is 0 Å². The molecule has 1 saturated heterocycles. The summed E-state index contributed by atoms with van der Waals surface area (Å²) < 4.78 is 4.82. The van der Waals surface area contributed by atoms with E-state index in [4.69, 9.17) is 17.0 Å². The van der Waals surface area contributed by atoms with Crippen LogP contribution in [0.25, 0.3) is 0 Å². The number of aryl methyl sites for hydroxylation is 1. The Morgan fingerprint density at radius 1 is 1.15 bits per heavy atom. The first-order chi connectivity index (χ1) is 13.2. The smallest absolute Gasteiger partial charge is 0.337 e. The van der Waals surface area contributed by atoms with Gasteiger partial charge in [-0.15, -0.1) is 0 Å². The average molecular weight is 381 g/mol. The number of methoxy groups -OCH3 is 1. The average Bonchev–Trinajstić information content (AvgIpc) is 3.07. The predicted molar refractivity (Wildman–Crippen MR) is 110 cm³/mol. The molecule has 5 heteroatoms. The fraction of sp³-hybridized carbons (Fsp3) is 0.364. The van der Waals surface area contributed by atoms with Crippen molar-refractivity contribution < 1.29 is 9.53 Å². The molecule has 1 atom stereocenters. The third-order valence-corrected chi connectivity index (χ3v) is 6.10. The lowest BCUT2D eigenvalue weighted by molar-refractivity contribution is 0.0600. The van der Waals surface area contributed by atoms with Gasteiger partial charge in [0.25, 0.3) is 0 Å². The molecule has 1 fully saturated rings. The van der Waals surface area contributed by atoms with Gasteiger partial charge >= 0.3 is 5.97 Å². The van der Waals surface area contributed by atoms with E-state index in [0.717, 1.165) is 49.6 Å². The van der Waals surface area contributed by atoms with Crippen LogP contribution in [0.3, 0.4) is 0 Å². The van der Waals surface area contributed by atoms with E-state index in [2.05, 4.69) is 34.1 Å². The molecule has 1 unspecified atom stereocenters. The molecule has 140 valence electrons. The van der Waals surface area contributed by atoms with Gasteiger partial charge in [-0.3, -0.25) is 0 Å². The fourth-order valence-corrected chi connectivity index (χ4v) is 4.56. The number of fused-ring (bicyclic) bond motifs is 1. The molecule has 4 nitrogen and oxygen atoms in total. The number of thiocarbonyl (C=S) groups is 1. The number of rotatable bonds is 4. The molecule has 1 heterocycles. The molecule has 0 N–H and O–H groups in total. The number of carbonyl (C=O) groups excluding carboxylic acids is 1. The highest BCUT2D eigenvalue weighted by Crippen LogP contribution is 2.27. The van der Waals surface area contributed by atoms with E-state index in [0.29, 0.717) is 11.6 Å². The number of carbonyl (C=O) groups is 1. The predicted octanol–water partition coefficient (Wildman–Crippen LogP) is 3.43. The first-order valence-electron chi connectivity index (χ1n) is 9.45. The molecule has 2 aliphatic rings.